The largest absolute Gasteiger partial charge is 0.475 e. The zero-order valence-electron chi connectivity index (χ0n) is 11.2. The Labute approximate surface area is 121 Å². The van der Waals surface area contributed by atoms with Gasteiger partial charge >= 0.3 is 5.97 Å². The van der Waals surface area contributed by atoms with E-state index in [0.29, 0.717) is 35.3 Å². The molecule has 0 fully saturated rings. The number of fused-ring (bicyclic) bond motifs is 1. The highest BCUT2D eigenvalue weighted by Crippen LogP contribution is 2.37. The van der Waals surface area contributed by atoms with Gasteiger partial charge in [0.25, 0.3) is 0 Å². The van der Waals surface area contributed by atoms with Crippen molar-refractivity contribution in [2.75, 3.05) is 23.8 Å². The van der Waals surface area contributed by atoms with E-state index in [0.717, 1.165) is 0 Å². The standard InChI is InChI=1S/C13H15ClN2O4/c1-3-19-13(18)12-6-15-10-4-8(14)9(16-7(2)17)5-11(10)20-12/h4-5,12,15H,3,6H2,1-2H3,(H,16,17). The van der Waals surface area contributed by atoms with Gasteiger partial charge in [-0.2, -0.15) is 0 Å². The number of anilines is 2. The van der Waals surface area contributed by atoms with E-state index in [9.17, 15) is 9.59 Å². The van der Waals surface area contributed by atoms with Gasteiger partial charge in [-0.3, -0.25) is 4.79 Å². The van der Waals surface area contributed by atoms with Gasteiger partial charge in [0.1, 0.15) is 5.75 Å². The summed E-state index contributed by atoms with van der Waals surface area (Å²) < 4.78 is 10.5. The fourth-order valence-electron chi connectivity index (χ4n) is 1.84. The summed E-state index contributed by atoms with van der Waals surface area (Å²) in [4.78, 5) is 22.7. The van der Waals surface area contributed by atoms with Gasteiger partial charge in [0.2, 0.25) is 12.0 Å². The second-order valence-electron chi connectivity index (χ2n) is 4.25. The number of esters is 1. The maximum Gasteiger partial charge on any atom is 0.349 e. The van der Waals surface area contributed by atoms with E-state index >= 15 is 0 Å². The first kappa shape index (κ1) is 14.5. The highest BCUT2D eigenvalue weighted by atomic mass is 35.5. The van der Waals surface area contributed by atoms with Crippen LogP contribution in [0.15, 0.2) is 12.1 Å². The maximum absolute atomic E-state index is 11.7. The molecule has 1 aromatic carbocycles. The number of amides is 1. The smallest absolute Gasteiger partial charge is 0.349 e. The van der Waals surface area contributed by atoms with Crippen molar-refractivity contribution in [1.82, 2.24) is 0 Å². The second-order valence-corrected chi connectivity index (χ2v) is 4.66. The lowest BCUT2D eigenvalue weighted by atomic mass is 10.2. The lowest BCUT2D eigenvalue weighted by Gasteiger charge is -2.26. The summed E-state index contributed by atoms with van der Waals surface area (Å²) in [7, 11) is 0. The van der Waals surface area contributed by atoms with Crippen molar-refractivity contribution in [3.63, 3.8) is 0 Å². The molecule has 0 saturated heterocycles. The molecule has 6 nitrogen and oxygen atoms in total. The number of hydrogen-bond donors (Lipinski definition) is 2. The van der Waals surface area contributed by atoms with Crippen molar-refractivity contribution in [2.45, 2.75) is 20.0 Å². The number of rotatable bonds is 3. The van der Waals surface area contributed by atoms with E-state index < -0.39 is 12.1 Å². The van der Waals surface area contributed by atoms with E-state index in [1.54, 1.807) is 19.1 Å². The third-order valence-corrected chi connectivity index (χ3v) is 2.99. The van der Waals surface area contributed by atoms with Crippen LogP contribution in [0.2, 0.25) is 5.02 Å². The molecule has 2 N–H and O–H groups in total. The van der Waals surface area contributed by atoms with Crippen LogP contribution >= 0.6 is 11.6 Å². The van der Waals surface area contributed by atoms with E-state index in [2.05, 4.69) is 10.6 Å². The summed E-state index contributed by atoms with van der Waals surface area (Å²) in [5.41, 5.74) is 1.11. The van der Waals surface area contributed by atoms with Gasteiger partial charge in [-0.25, -0.2) is 4.79 Å². The van der Waals surface area contributed by atoms with Crippen molar-refractivity contribution >= 4 is 34.9 Å². The Bertz CT molecular complexity index is 547. The number of carbonyl (C=O) groups is 2. The van der Waals surface area contributed by atoms with Crippen LogP contribution in [0.25, 0.3) is 0 Å². The summed E-state index contributed by atoms with van der Waals surface area (Å²) in [6, 6.07) is 3.22. The Balaban J connectivity index is 2.22. The van der Waals surface area contributed by atoms with Crippen LogP contribution in [0.1, 0.15) is 13.8 Å². The number of nitrogens with one attached hydrogen (secondary N) is 2. The van der Waals surface area contributed by atoms with Crippen LogP contribution < -0.4 is 15.4 Å². The zero-order chi connectivity index (χ0) is 14.7. The van der Waals surface area contributed by atoms with Crippen LogP contribution in [-0.2, 0) is 14.3 Å². The Morgan fingerprint density at radius 3 is 2.95 bits per heavy atom. The van der Waals surface area contributed by atoms with Crippen molar-refractivity contribution in [3.8, 4) is 5.75 Å². The first-order valence-electron chi connectivity index (χ1n) is 6.19. The molecule has 0 aliphatic carbocycles. The highest BCUT2D eigenvalue weighted by Gasteiger charge is 2.27. The lowest BCUT2D eigenvalue weighted by Crippen LogP contribution is -2.39. The fourth-order valence-corrected chi connectivity index (χ4v) is 2.05. The first-order chi connectivity index (χ1) is 9.51. The van der Waals surface area contributed by atoms with Crippen LogP contribution in [0.3, 0.4) is 0 Å². The summed E-state index contributed by atoms with van der Waals surface area (Å²) in [6.45, 7) is 3.72. The molecule has 0 spiro atoms. The molecule has 0 bridgehead atoms. The van der Waals surface area contributed by atoms with Crippen LogP contribution in [-0.4, -0.2) is 31.1 Å². The molecule has 7 heteroatoms. The summed E-state index contributed by atoms with van der Waals surface area (Å²) in [6.07, 6.45) is -0.714. The summed E-state index contributed by atoms with van der Waals surface area (Å²) in [5.74, 6) is -0.221. The summed E-state index contributed by atoms with van der Waals surface area (Å²) >= 11 is 6.05. The minimum absolute atomic E-state index is 0.238. The molecular formula is C13H15ClN2O4. The highest BCUT2D eigenvalue weighted by molar-refractivity contribution is 6.34. The van der Waals surface area contributed by atoms with Crippen LogP contribution in [0.4, 0.5) is 11.4 Å². The number of ether oxygens (including phenoxy) is 2. The van der Waals surface area contributed by atoms with E-state index in [-0.39, 0.29) is 5.91 Å². The minimum atomic E-state index is -0.714. The molecule has 0 aromatic heterocycles. The van der Waals surface area contributed by atoms with E-state index in [4.69, 9.17) is 21.1 Å². The maximum atomic E-state index is 11.7. The fraction of sp³-hybridized carbons (Fsp3) is 0.385. The van der Waals surface area contributed by atoms with E-state index in [1.165, 1.54) is 6.92 Å². The van der Waals surface area contributed by atoms with Gasteiger partial charge in [-0.05, 0) is 13.0 Å². The molecule has 1 unspecified atom stereocenters. The Hall–Kier alpha value is -1.95. The van der Waals surface area contributed by atoms with Gasteiger partial charge < -0.3 is 20.1 Å². The third-order valence-electron chi connectivity index (χ3n) is 2.68. The molecule has 1 heterocycles. The van der Waals surface area contributed by atoms with Gasteiger partial charge in [0.15, 0.2) is 0 Å². The van der Waals surface area contributed by atoms with E-state index in [1.807, 2.05) is 0 Å². The van der Waals surface area contributed by atoms with Crippen molar-refractivity contribution < 1.29 is 19.1 Å². The molecule has 1 aliphatic heterocycles. The Morgan fingerprint density at radius 2 is 2.30 bits per heavy atom. The average molecular weight is 299 g/mol. The molecule has 108 valence electrons. The first-order valence-corrected chi connectivity index (χ1v) is 6.57. The SMILES string of the molecule is CCOC(=O)C1CNc2cc(Cl)c(NC(C)=O)cc2O1. The van der Waals surface area contributed by atoms with Gasteiger partial charge in [0, 0.05) is 13.0 Å². The average Bonchev–Trinajstić information content (AvgIpc) is 2.39. The predicted molar refractivity (Wildman–Crippen MR) is 75.3 cm³/mol. The molecular weight excluding hydrogens is 284 g/mol. The number of carbonyl (C=O) groups excluding carboxylic acids is 2. The predicted octanol–water partition coefficient (Wildman–Crippen LogP) is 2.03. The van der Waals surface area contributed by atoms with Crippen LogP contribution in [0, 0.1) is 0 Å². The minimum Gasteiger partial charge on any atom is -0.475 e. The van der Waals surface area contributed by atoms with Crippen molar-refractivity contribution in [1.29, 1.82) is 0 Å². The van der Waals surface area contributed by atoms with Crippen LogP contribution in [0.5, 0.6) is 5.75 Å². The molecule has 20 heavy (non-hydrogen) atoms. The third kappa shape index (κ3) is 3.14. The molecule has 2 rings (SSSR count). The molecule has 1 atom stereocenters. The molecule has 1 aromatic rings. The van der Waals surface area contributed by atoms with Gasteiger partial charge in [-0.1, -0.05) is 11.6 Å². The molecule has 1 aliphatic rings. The Kier molecular flexibility index (Phi) is 4.34. The number of hydrogen-bond acceptors (Lipinski definition) is 5. The molecule has 0 radical (unpaired) electrons. The monoisotopic (exact) mass is 298 g/mol. The van der Waals surface area contributed by atoms with Gasteiger partial charge in [-0.15, -0.1) is 0 Å². The zero-order valence-corrected chi connectivity index (χ0v) is 11.9. The second kappa shape index (κ2) is 6.00. The van der Waals surface area contributed by atoms with Gasteiger partial charge in [0.05, 0.1) is 29.5 Å². The topological polar surface area (TPSA) is 76.7 Å². The van der Waals surface area contributed by atoms with Crippen molar-refractivity contribution in [2.24, 2.45) is 0 Å². The summed E-state index contributed by atoms with van der Waals surface area (Å²) in [5, 5.41) is 6.04. The van der Waals surface area contributed by atoms with Crippen molar-refractivity contribution in [3.05, 3.63) is 17.2 Å². The lowest BCUT2D eigenvalue weighted by molar-refractivity contribution is -0.150. The quantitative estimate of drug-likeness (QED) is 0.835. The number of benzene rings is 1. The normalized spacial score (nSPS) is 16.4. The molecule has 0 saturated carbocycles. The number of halogens is 1. The Morgan fingerprint density at radius 1 is 1.55 bits per heavy atom. The molecule has 1 amide bonds.